The first-order chi connectivity index (χ1) is 10.5. The van der Waals surface area contributed by atoms with Crippen LogP contribution in [-0.4, -0.2) is 26.4 Å². The number of hydrogen-bond donors (Lipinski definition) is 2. The molecular formula is C14H23N3O4S. The molecule has 0 spiro atoms. The van der Waals surface area contributed by atoms with Gasteiger partial charge in [0.15, 0.2) is 0 Å². The second-order valence-electron chi connectivity index (χ2n) is 5.06. The molecular weight excluding hydrogens is 306 g/mol. The highest BCUT2D eigenvalue weighted by atomic mass is 32.2. The van der Waals surface area contributed by atoms with Gasteiger partial charge in [-0.05, 0) is 31.5 Å². The predicted octanol–water partition coefficient (Wildman–Crippen LogP) is 2.17. The number of hydrogen-bond acceptors (Lipinski definition) is 5. The molecule has 0 radical (unpaired) electrons. The highest BCUT2D eigenvalue weighted by Gasteiger charge is 2.14. The van der Waals surface area contributed by atoms with Crippen molar-refractivity contribution in [1.82, 2.24) is 4.72 Å². The van der Waals surface area contributed by atoms with Crippen molar-refractivity contribution in [2.75, 3.05) is 13.1 Å². The summed E-state index contributed by atoms with van der Waals surface area (Å²) in [4.78, 5) is 10.0. The van der Waals surface area contributed by atoms with Crippen LogP contribution in [0.25, 0.3) is 0 Å². The van der Waals surface area contributed by atoms with Crippen molar-refractivity contribution in [2.45, 2.75) is 43.4 Å². The SMILES string of the molecule is NCCCCCCCCNS(=O)(=O)c1ccc([N+](=O)[O-])cc1. The molecule has 0 aromatic heterocycles. The van der Waals surface area contributed by atoms with Gasteiger partial charge in [-0.15, -0.1) is 0 Å². The summed E-state index contributed by atoms with van der Waals surface area (Å²) in [6, 6.07) is 4.86. The summed E-state index contributed by atoms with van der Waals surface area (Å²) in [7, 11) is -3.59. The third-order valence-electron chi connectivity index (χ3n) is 3.28. The molecule has 0 atom stereocenters. The van der Waals surface area contributed by atoms with Crippen LogP contribution in [0.1, 0.15) is 38.5 Å². The van der Waals surface area contributed by atoms with Crippen molar-refractivity contribution in [3.05, 3.63) is 34.4 Å². The van der Waals surface area contributed by atoms with Crippen LogP contribution in [0.2, 0.25) is 0 Å². The maximum absolute atomic E-state index is 12.0. The zero-order valence-corrected chi connectivity index (χ0v) is 13.3. The minimum atomic E-state index is -3.59. The number of benzene rings is 1. The number of nitrogens with one attached hydrogen (secondary N) is 1. The minimum Gasteiger partial charge on any atom is -0.330 e. The van der Waals surface area contributed by atoms with Crippen LogP contribution in [0.4, 0.5) is 5.69 Å². The number of nitro benzene ring substituents is 1. The Hall–Kier alpha value is -1.51. The number of unbranched alkanes of at least 4 members (excludes halogenated alkanes) is 5. The van der Waals surface area contributed by atoms with Gasteiger partial charge in [0, 0.05) is 18.7 Å². The normalized spacial score (nSPS) is 11.5. The third kappa shape index (κ3) is 6.50. The summed E-state index contributed by atoms with van der Waals surface area (Å²) in [5.41, 5.74) is 5.28. The van der Waals surface area contributed by atoms with Crippen LogP contribution >= 0.6 is 0 Å². The number of nitro groups is 1. The van der Waals surface area contributed by atoms with E-state index in [1.807, 2.05) is 0 Å². The van der Waals surface area contributed by atoms with E-state index in [2.05, 4.69) is 4.72 Å². The number of rotatable bonds is 11. The van der Waals surface area contributed by atoms with Crippen LogP contribution in [0, 0.1) is 10.1 Å². The molecule has 8 heteroatoms. The Morgan fingerprint density at radius 2 is 1.55 bits per heavy atom. The van der Waals surface area contributed by atoms with Gasteiger partial charge in [0.25, 0.3) is 5.69 Å². The molecule has 0 bridgehead atoms. The monoisotopic (exact) mass is 329 g/mol. The van der Waals surface area contributed by atoms with Gasteiger partial charge >= 0.3 is 0 Å². The fourth-order valence-electron chi connectivity index (χ4n) is 2.01. The van der Waals surface area contributed by atoms with E-state index in [9.17, 15) is 18.5 Å². The van der Waals surface area contributed by atoms with Crippen molar-refractivity contribution in [2.24, 2.45) is 5.73 Å². The van der Waals surface area contributed by atoms with Crippen molar-refractivity contribution in [1.29, 1.82) is 0 Å². The van der Waals surface area contributed by atoms with E-state index < -0.39 is 14.9 Å². The summed E-state index contributed by atoms with van der Waals surface area (Å²) >= 11 is 0. The average Bonchev–Trinajstić information content (AvgIpc) is 2.50. The fraction of sp³-hybridized carbons (Fsp3) is 0.571. The van der Waals surface area contributed by atoms with Crippen molar-refractivity contribution < 1.29 is 13.3 Å². The molecule has 0 amide bonds. The largest absolute Gasteiger partial charge is 0.330 e. The number of sulfonamides is 1. The van der Waals surface area contributed by atoms with E-state index in [0.717, 1.165) is 45.1 Å². The van der Waals surface area contributed by atoms with Gasteiger partial charge in [0.1, 0.15) is 0 Å². The van der Waals surface area contributed by atoms with Gasteiger partial charge in [0.05, 0.1) is 9.82 Å². The first kappa shape index (κ1) is 18.5. The highest BCUT2D eigenvalue weighted by molar-refractivity contribution is 7.89. The van der Waals surface area contributed by atoms with Gasteiger partial charge in [0.2, 0.25) is 10.0 Å². The molecule has 0 aliphatic heterocycles. The summed E-state index contributed by atoms with van der Waals surface area (Å²) in [6.45, 7) is 1.09. The van der Waals surface area contributed by atoms with Gasteiger partial charge in [-0.1, -0.05) is 25.7 Å². The van der Waals surface area contributed by atoms with Crippen LogP contribution in [0.15, 0.2) is 29.2 Å². The van der Waals surface area contributed by atoms with Gasteiger partial charge < -0.3 is 5.73 Å². The maximum atomic E-state index is 12.0. The second-order valence-corrected chi connectivity index (χ2v) is 6.83. The maximum Gasteiger partial charge on any atom is 0.269 e. The van der Waals surface area contributed by atoms with E-state index in [1.54, 1.807) is 0 Å². The Kier molecular flexibility index (Phi) is 8.00. The lowest BCUT2D eigenvalue weighted by Gasteiger charge is -2.06. The number of non-ortho nitro benzene ring substituents is 1. The molecule has 0 unspecified atom stereocenters. The van der Waals surface area contributed by atoms with Crippen molar-refractivity contribution in [3.63, 3.8) is 0 Å². The summed E-state index contributed by atoms with van der Waals surface area (Å²) in [5.74, 6) is 0. The van der Waals surface area contributed by atoms with Crippen molar-refractivity contribution >= 4 is 15.7 Å². The van der Waals surface area contributed by atoms with E-state index in [1.165, 1.54) is 24.3 Å². The van der Waals surface area contributed by atoms with Crippen molar-refractivity contribution in [3.8, 4) is 0 Å². The molecule has 0 aliphatic rings. The smallest absolute Gasteiger partial charge is 0.269 e. The number of nitrogens with zero attached hydrogens (tertiary/aromatic N) is 1. The molecule has 3 N–H and O–H groups in total. The van der Waals surface area contributed by atoms with Crippen LogP contribution in [0.5, 0.6) is 0 Å². The lowest BCUT2D eigenvalue weighted by molar-refractivity contribution is -0.384. The molecule has 0 aliphatic carbocycles. The standard InChI is InChI=1S/C14H23N3O4S/c15-11-5-3-1-2-4-6-12-16-22(20,21)14-9-7-13(8-10-14)17(18)19/h7-10,16H,1-6,11-12,15H2. The Bertz CT molecular complexity index is 558. The van der Waals surface area contributed by atoms with E-state index >= 15 is 0 Å². The van der Waals surface area contributed by atoms with Crippen LogP contribution in [-0.2, 0) is 10.0 Å². The topological polar surface area (TPSA) is 115 Å². The summed E-state index contributed by atoms with van der Waals surface area (Å²) in [6.07, 6.45) is 6.07. The zero-order valence-electron chi connectivity index (χ0n) is 12.5. The Labute approximate surface area is 131 Å². The second kappa shape index (κ2) is 9.50. The quantitative estimate of drug-likeness (QED) is 0.367. The van der Waals surface area contributed by atoms with Crippen LogP contribution in [0.3, 0.4) is 0 Å². The van der Waals surface area contributed by atoms with E-state index in [-0.39, 0.29) is 10.6 Å². The molecule has 22 heavy (non-hydrogen) atoms. The molecule has 0 saturated carbocycles. The zero-order chi connectivity index (χ0) is 16.4. The molecule has 1 rings (SSSR count). The van der Waals surface area contributed by atoms with E-state index in [4.69, 9.17) is 5.73 Å². The predicted molar refractivity (Wildman–Crippen MR) is 85.0 cm³/mol. The lowest BCUT2D eigenvalue weighted by atomic mass is 10.1. The minimum absolute atomic E-state index is 0.0426. The highest BCUT2D eigenvalue weighted by Crippen LogP contribution is 2.15. The first-order valence-corrected chi connectivity index (χ1v) is 8.90. The average molecular weight is 329 g/mol. The Morgan fingerprint density at radius 3 is 2.09 bits per heavy atom. The van der Waals surface area contributed by atoms with E-state index in [0.29, 0.717) is 6.54 Å². The molecule has 1 aromatic rings. The lowest BCUT2D eigenvalue weighted by Crippen LogP contribution is -2.24. The molecule has 124 valence electrons. The van der Waals surface area contributed by atoms with Gasteiger partial charge in [-0.2, -0.15) is 0 Å². The molecule has 1 aromatic carbocycles. The van der Waals surface area contributed by atoms with Gasteiger partial charge in [-0.3, -0.25) is 10.1 Å². The fourth-order valence-corrected chi connectivity index (χ4v) is 3.09. The molecule has 0 fully saturated rings. The third-order valence-corrected chi connectivity index (χ3v) is 4.76. The summed E-state index contributed by atoms with van der Waals surface area (Å²) in [5, 5.41) is 10.5. The Balaban J connectivity index is 2.33. The number of nitrogens with two attached hydrogens (primary N) is 1. The first-order valence-electron chi connectivity index (χ1n) is 7.41. The molecule has 0 heterocycles. The molecule has 0 saturated heterocycles. The molecule has 7 nitrogen and oxygen atoms in total. The Morgan fingerprint density at radius 1 is 1.00 bits per heavy atom. The van der Waals surface area contributed by atoms with Gasteiger partial charge in [-0.25, -0.2) is 13.1 Å². The van der Waals surface area contributed by atoms with Crippen LogP contribution < -0.4 is 10.5 Å². The summed E-state index contributed by atoms with van der Waals surface area (Å²) < 4.78 is 26.5.